The lowest BCUT2D eigenvalue weighted by Gasteiger charge is -2.34. The van der Waals surface area contributed by atoms with Crippen molar-refractivity contribution >= 4 is 73.9 Å². The van der Waals surface area contributed by atoms with E-state index in [1.807, 2.05) is 13.8 Å². The SMILES string of the molecule is CC[C@@H](C)NC(=O)[C@@H](CC)N(Cc1ccc(Cl)c(Cl)c1)C(=O)CN(c1ccc(Cl)cc1Cl)S(=O)(=O)c1ccccc1. The number of sulfonamides is 1. The summed E-state index contributed by atoms with van der Waals surface area (Å²) >= 11 is 24.9. The van der Waals surface area contributed by atoms with E-state index in [-0.39, 0.29) is 45.5 Å². The molecule has 3 rings (SSSR count). The van der Waals surface area contributed by atoms with Crippen LogP contribution in [0.2, 0.25) is 20.1 Å². The maximum atomic E-state index is 14.1. The van der Waals surface area contributed by atoms with Gasteiger partial charge in [-0.2, -0.15) is 0 Å². The molecule has 3 aromatic carbocycles. The molecule has 0 radical (unpaired) electrons. The first-order chi connectivity index (χ1) is 19.4. The minimum atomic E-state index is -4.26. The highest BCUT2D eigenvalue weighted by molar-refractivity contribution is 7.92. The Morgan fingerprint density at radius 1 is 0.854 bits per heavy atom. The second kappa shape index (κ2) is 14.6. The monoisotopic (exact) mass is 657 g/mol. The van der Waals surface area contributed by atoms with Crippen LogP contribution in [0.15, 0.2) is 71.6 Å². The number of hydrogen-bond acceptors (Lipinski definition) is 4. The third-order valence-electron chi connectivity index (χ3n) is 6.51. The van der Waals surface area contributed by atoms with Crippen molar-refractivity contribution in [2.24, 2.45) is 0 Å². The van der Waals surface area contributed by atoms with Crippen molar-refractivity contribution in [3.63, 3.8) is 0 Å². The van der Waals surface area contributed by atoms with Crippen molar-refractivity contribution < 1.29 is 18.0 Å². The van der Waals surface area contributed by atoms with E-state index in [0.29, 0.717) is 22.0 Å². The Kier molecular flexibility index (Phi) is 11.8. The van der Waals surface area contributed by atoms with Crippen LogP contribution in [-0.4, -0.2) is 43.8 Å². The molecule has 2 atom stereocenters. The normalized spacial score (nSPS) is 12.9. The molecule has 0 aliphatic rings. The van der Waals surface area contributed by atoms with Crippen LogP contribution in [0.3, 0.4) is 0 Å². The maximum absolute atomic E-state index is 14.1. The van der Waals surface area contributed by atoms with E-state index in [4.69, 9.17) is 46.4 Å². The molecule has 0 aliphatic heterocycles. The predicted molar refractivity (Wildman–Crippen MR) is 166 cm³/mol. The predicted octanol–water partition coefficient (Wildman–Crippen LogP) is 7.22. The molecule has 12 heteroatoms. The van der Waals surface area contributed by atoms with Gasteiger partial charge in [0, 0.05) is 17.6 Å². The Bertz CT molecular complexity index is 1490. The van der Waals surface area contributed by atoms with Crippen molar-refractivity contribution in [2.45, 2.75) is 57.1 Å². The topological polar surface area (TPSA) is 86.8 Å². The van der Waals surface area contributed by atoms with E-state index >= 15 is 0 Å². The van der Waals surface area contributed by atoms with Gasteiger partial charge < -0.3 is 10.2 Å². The first kappa shape index (κ1) is 33.0. The smallest absolute Gasteiger partial charge is 0.264 e. The molecule has 0 saturated heterocycles. The summed E-state index contributed by atoms with van der Waals surface area (Å²) in [5, 5.41) is 3.90. The summed E-state index contributed by atoms with van der Waals surface area (Å²) in [6.45, 7) is 4.94. The Balaban J connectivity index is 2.10. The maximum Gasteiger partial charge on any atom is 0.264 e. The quantitative estimate of drug-likeness (QED) is 0.223. The molecule has 0 fully saturated rings. The second-order valence-corrected chi connectivity index (χ2v) is 13.0. The van der Waals surface area contributed by atoms with Crippen LogP contribution in [0.1, 0.15) is 39.2 Å². The summed E-state index contributed by atoms with van der Waals surface area (Å²) in [5.74, 6) is -0.968. The number of rotatable bonds is 12. The molecule has 7 nitrogen and oxygen atoms in total. The minimum absolute atomic E-state index is 0.0181. The van der Waals surface area contributed by atoms with Gasteiger partial charge in [0.2, 0.25) is 11.8 Å². The lowest BCUT2D eigenvalue weighted by atomic mass is 10.1. The van der Waals surface area contributed by atoms with Gasteiger partial charge in [0.25, 0.3) is 10.0 Å². The molecule has 41 heavy (non-hydrogen) atoms. The molecule has 220 valence electrons. The summed E-state index contributed by atoms with van der Waals surface area (Å²) in [5.41, 5.74) is 0.685. The number of anilines is 1. The Morgan fingerprint density at radius 2 is 1.54 bits per heavy atom. The number of amides is 2. The van der Waals surface area contributed by atoms with Crippen LogP contribution in [0.5, 0.6) is 0 Å². The molecule has 3 aromatic rings. The van der Waals surface area contributed by atoms with Crippen molar-refractivity contribution in [2.75, 3.05) is 10.8 Å². The Morgan fingerprint density at radius 3 is 2.12 bits per heavy atom. The van der Waals surface area contributed by atoms with Gasteiger partial charge in [-0.05, 0) is 67.8 Å². The van der Waals surface area contributed by atoms with Crippen LogP contribution in [-0.2, 0) is 26.2 Å². The number of nitrogens with one attached hydrogen (secondary N) is 1. The molecule has 0 unspecified atom stereocenters. The summed E-state index contributed by atoms with van der Waals surface area (Å²) in [6, 6.07) is 15.9. The highest BCUT2D eigenvalue weighted by Crippen LogP contribution is 2.33. The summed E-state index contributed by atoms with van der Waals surface area (Å²) in [6.07, 6.45) is 0.976. The molecule has 0 aromatic heterocycles. The fourth-order valence-electron chi connectivity index (χ4n) is 4.11. The highest BCUT2D eigenvalue weighted by Gasteiger charge is 2.34. The van der Waals surface area contributed by atoms with E-state index in [1.54, 1.807) is 43.3 Å². The highest BCUT2D eigenvalue weighted by atomic mass is 35.5. The van der Waals surface area contributed by atoms with Gasteiger partial charge in [0.15, 0.2) is 0 Å². The molecule has 0 aliphatic carbocycles. The third-order valence-corrected chi connectivity index (χ3v) is 9.56. The second-order valence-electron chi connectivity index (χ2n) is 9.43. The zero-order chi connectivity index (χ0) is 30.3. The van der Waals surface area contributed by atoms with Crippen molar-refractivity contribution in [3.05, 3.63) is 92.4 Å². The van der Waals surface area contributed by atoms with Gasteiger partial charge in [0.1, 0.15) is 12.6 Å². The number of carbonyl (C=O) groups excluding carboxylic acids is 2. The summed E-state index contributed by atoms with van der Waals surface area (Å²) < 4.78 is 28.7. The lowest BCUT2D eigenvalue weighted by molar-refractivity contribution is -0.140. The summed E-state index contributed by atoms with van der Waals surface area (Å²) in [4.78, 5) is 28.8. The molecule has 0 heterocycles. The molecule has 0 saturated carbocycles. The van der Waals surface area contributed by atoms with Crippen LogP contribution >= 0.6 is 46.4 Å². The van der Waals surface area contributed by atoms with Gasteiger partial charge in [-0.3, -0.25) is 13.9 Å². The average molecular weight is 659 g/mol. The zero-order valence-corrected chi connectivity index (χ0v) is 26.6. The molecular weight excluding hydrogens is 628 g/mol. The number of benzene rings is 3. The van der Waals surface area contributed by atoms with E-state index in [1.165, 1.54) is 35.2 Å². The van der Waals surface area contributed by atoms with Gasteiger partial charge in [-0.25, -0.2) is 8.42 Å². The van der Waals surface area contributed by atoms with E-state index in [0.717, 1.165) is 4.31 Å². The molecule has 1 N–H and O–H groups in total. The fraction of sp³-hybridized carbons (Fsp3) is 0.310. The van der Waals surface area contributed by atoms with Gasteiger partial charge in [-0.15, -0.1) is 0 Å². The Hall–Kier alpha value is -2.49. The first-order valence-corrected chi connectivity index (χ1v) is 15.9. The fourth-order valence-corrected chi connectivity index (χ4v) is 6.45. The van der Waals surface area contributed by atoms with Crippen molar-refractivity contribution in [1.82, 2.24) is 10.2 Å². The molecule has 0 spiro atoms. The van der Waals surface area contributed by atoms with Crippen molar-refractivity contribution in [3.8, 4) is 0 Å². The van der Waals surface area contributed by atoms with E-state index in [9.17, 15) is 18.0 Å². The van der Waals surface area contributed by atoms with Gasteiger partial charge in [0.05, 0.1) is 25.7 Å². The average Bonchev–Trinajstić information content (AvgIpc) is 2.94. The number of hydrogen-bond donors (Lipinski definition) is 1. The third kappa shape index (κ3) is 8.30. The number of carbonyl (C=O) groups is 2. The minimum Gasteiger partial charge on any atom is -0.352 e. The first-order valence-electron chi connectivity index (χ1n) is 13.0. The largest absolute Gasteiger partial charge is 0.352 e. The van der Waals surface area contributed by atoms with Crippen molar-refractivity contribution in [1.29, 1.82) is 0 Å². The van der Waals surface area contributed by atoms with Gasteiger partial charge >= 0.3 is 0 Å². The lowest BCUT2D eigenvalue weighted by Crippen LogP contribution is -2.53. The number of halogens is 4. The van der Waals surface area contributed by atoms with Gasteiger partial charge in [-0.1, -0.05) is 84.5 Å². The van der Waals surface area contributed by atoms with Crippen LogP contribution in [0.25, 0.3) is 0 Å². The number of nitrogens with zero attached hydrogens (tertiary/aromatic N) is 2. The zero-order valence-electron chi connectivity index (χ0n) is 22.8. The molecule has 0 bridgehead atoms. The summed E-state index contributed by atoms with van der Waals surface area (Å²) in [7, 11) is -4.26. The molecule has 2 amide bonds. The molecular formula is C29H31Cl4N3O4S. The van der Waals surface area contributed by atoms with Crippen LogP contribution < -0.4 is 9.62 Å². The van der Waals surface area contributed by atoms with E-state index in [2.05, 4.69) is 5.32 Å². The van der Waals surface area contributed by atoms with E-state index < -0.39 is 28.5 Å². The van der Waals surface area contributed by atoms with Crippen LogP contribution in [0, 0.1) is 0 Å². The van der Waals surface area contributed by atoms with Crippen LogP contribution in [0.4, 0.5) is 5.69 Å². The Labute approximate surface area is 261 Å². The standard InChI is InChI=1S/C29H31Cl4N3O4S/c1-4-19(3)34-29(38)26(5-2)35(17-20-11-13-23(31)24(32)15-20)28(37)18-36(27-14-12-21(30)16-25(27)33)41(39,40)22-9-7-6-8-10-22/h6-16,19,26H,4-5,17-18H2,1-3H3,(H,34,38)/t19-,26-/m1/s1.